The van der Waals surface area contributed by atoms with Gasteiger partial charge in [-0.2, -0.15) is 5.26 Å². The van der Waals surface area contributed by atoms with E-state index in [2.05, 4.69) is 153 Å². The quantitative estimate of drug-likeness (QED) is 0.151. The number of pyridine rings is 4. The third-order valence-corrected chi connectivity index (χ3v) is 17.5. The highest BCUT2D eigenvalue weighted by Gasteiger charge is 2.54. The van der Waals surface area contributed by atoms with Crippen molar-refractivity contribution < 1.29 is 9.47 Å². The van der Waals surface area contributed by atoms with E-state index in [0.29, 0.717) is 5.56 Å². The van der Waals surface area contributed by atoms with Crippen molar-refractivity contribution in [2.24, 2.45) is 0 Å². The molecule has 83 heavy (non-hydrogen) atoms. The zero-order chi connectivity index (χ0) is 55.4. The molecule has 13 aromatic rings. The summed E-state index contributed by atoms with van der Waals surface area (Å²) < 4.78 is 16.2. The molecule has 3 aliphatic carbocycles. The molecule has 0 fully saturated rings. The highest BCUT2D eigenvalue weighted by atomic mass is 79.9. The summed E-state index contributed by atoms with van der Waals surface area (Å²) in [4.78, 5) is 22.5. The predicted molar refractivity (Wildman–Crippen MR) is 327 cm³/mol. The van der Waals surface area contributed by atoms with Crippen LogP contribution in [0.2, 0.25) is 0 Å². The molecule has 0 radical (unpaired) electrons. The molecule has 0 amide bonds. The van der Waals surface area contributed by atoms with Crippen LogP contribution in [-0.2, 0) is 17.3 Å². The van der Waals surface area contributed by atoms with Crippen LogP contribution in [0.25, 0.3) is 66.2 Å². The van der Waals surface area contributed by atoms with Crippen molar-refractivity contribution in [1.29, 1.82) is 5.26 Å². The average Bonchev–Trinajstić information content (AvgIpc) is 1.79. The van der Waals surface area contributed by atoms with Crippen LogP contribution in [0.5, 0.6) is 23.0 Å². The van der Waals surface area contributed by atoms with E-state index in [-0.39, 0.29) is 0 Å². The van der Waals surface area contributed by atoms with Gasteiger partial charge in [0.15, 0.2) is 5.69 Å². The van der Waals surface area contributed by atoms with Gasteiger partial charge in [-0.25, -0.2) is 4.85 Å². The first-order chi connectivity index (χ1) is 41.0. The van der Waals surface area contributed by atoms with Crippen LogP contribution in [0.15, 0.2) is 248 Å². The Hall–Kier alpha value is -10.8. The molecule has 0 saturated heterocycles. The summed E-state index contributed by atoms with van der Waals surface area (Å²) >= 11 is 3.65. The Labute approximate surface area is 486 Å². The van der Waals surface area contributed by atoms with E-state index in [1.54, 1.807) is 0 Å². The van der Waals surface area contributed by atoms with Crippen LogP contribution >= 0.6 is 15.9 Å². The Balaban J connectivity index is 0.000000115. The van der Waals surface area contributed by atoms with E-state index in [9.17, 15) is 5.26 Å². The van der Waals surface area contributed by atoms with Crippen LogP contribution < -0.4 is 9.47 Å². The van der Waals surface area contributed by atoms with Gasteiger partial charge in [-0.15, -0.1) is 0 Å². The van der Waals surface area contributed by atoms with Gasteiger partial charge in [-0.3, -0.25) is 19.9 Å². The maximum atomic E-state index is 9.60. The molecule has 0 bridgehead atoms. The fourth-order valence-corrected chi connectivity index (χ4v) is 14.1. The van der Waals surface area contributed by atoms with Gasteiger partial charge in [0, 0.05) is 68.0 Å². The minimum absolute atomic E-state index is 0.485. The van der Waals surface area contributed by atoms with Gasteiger partial charge in [-0.05, 0) is 154 Å². The lowest BCUT2D eigenvalue weighted by molar-refractivity contribution is 0.436. The molecule has 9 nitrogen and oxygen atoms in total. The van der Waals surface area contributed by atoms with E-state index >= 15 is 0 Å². The van der Waals surface area contributed by atoms with Crippen molar-refractivity contribution in [3.8, 4) is 68.7 Å². The Morgan fingerprint density at radius 2 is 0.952 bits per heavy atom. The summed E-state index contributed by atoms with van der Waals surface area (Å²) in [5, 5.41) is 11.8. The number of halogens is 1. The Bertz CT molecular complexity index is 4900. The summed E-state index contributed by atoms with van der Waals surface area (Å²) in [5.41, 5.74) is 21.2. The van der Waals surface area contributed by atoms with Crippen molar-refractivity contribution in [3.63, 3.8) is 0 Å². The lowest BCUT2D eigenvalue weighted by Crippen LogP contribution is -2.32. The van der Waals surface area contributed by atoms with Crippen molar-refractivity contribution in [1.82, 2.24) is 24.5 Å². The van der Waals surface area contributed by atoms with E-state index in [1.165, 1.54) is 22.3 Å². The summed E-state index contributed by atoms with van der Waals surface area (Å²) in [6.45, 7) is 7.02. The van der Waals surface area contributed by atoms with Crippen LogP contribution in [0.3, 0.4) is 0 Å². The van der Waals surface area contributed by atoms with Crippen LogP contribution in [0.1, 0.15) is 61.2 Å². The SMILES string of the molecule is Brc1ccc2c(c1)C1(c3ccccc3O2)c2cccnc2-c2ncccc21.N#Cc1ccc2c(c1)c1ccccc1n2-c1ccc2c(c1)C1(c3ccccc3O2)c2cccnc2-c2ncccc21.[C-]#[N+]c1ccc2c(c1)-c1ccccc1C2. The molecular formula is C73H42BrN7O2. The summed E-state index contributed by atoms with van der Waals surface area (Å²) in [5.74, 6) is 3.38. The number of hydrogen-bond donors (Lipinski definition) is 0. The highest BCUT2D eigenvalue weighted by molar-refractivity contribution is 9.10. The fraction of sp³-hybridized carbons (Fsp3) is 0.0411. The lowest BCUT2D eigenvalue weighted by atomic mass is 9.66. The van der Waals surface area contributed by atoms with Crippen LogP contribution in [-0.4, -0.2) is 24.5 Å². The van der Waals surface area contributed by atoms with Gasteiger partial charge >= 0.3 is 0 Å². The summed E-state index contributed by atoms with van der Waals surface area (Å²) in [6, 6.07) is 76.9. The molecule has 18 rings (SSSR count). The monoisotopic (exact) mass is 1130 g/mol. The number of nitriles is 1. The number of nitrogens with zero attached hydrogens (tertiary/aromatic N) is 7. The number of benzene rings is 8. The Morgan fingerprint density at radius 1 is 0.446 bits per heavy atom. The number of fused-ring (bicyclic) bond motifs is 24. The number of aromatic nitrogens is 5. The molecule has 2 spiro atoms. The van der Waals surface area contributed by atoms with Gasteiger partial charge in [0.25, 0.3) is 0 Å². The normalized spacial score (nSPS) is 13.7. The maximum absolute atomic E-state index is 9.60. The average molecular weight is 1130 g/mol. The van der Waals surface area contributed by atoms with Gasteiger partial charge in [0.05, 0.1) is 62.8 Å². The molecule has 8 aromatic carbocycles. The molecule has 5 aromatic heterocycles. The van der Waals surface area contributed by atoms with Crippen molar-refractivity contribution in [2.45, 2.75) is 17.3 Å². The number of hydrogen-bond acceptors (Lipinski definition) is 7. The smallest absolute Gasteiger partial charge is 0.187 e. The Morgan fingerprint density at radius 3 is 1.57 bits per heavy atom. The molecule has 5 aliphatic rings. The second kappa shape index (κ2) is 18.7. The number of rotatable bonds is 1. The van der Waals surface area contributed by atoms with Crippen molar-refractivity contribution >= 4 is 43.4 Å². The summed E-state index contributed by atoms with van der Waals surface area (Å²) in [6.07, 6.45) is 8.36. The minimum Gasteiger partial charge on any atom is -0.457 e. The number of para-hydroxylation sites is 3. The molecule has 0 unspecified atom stereocenters. The zero-order valence-electron chi connectivity index (χ0n) is 44.1. The molecule has 10 heteroatoms. The molecule has 0 N–H and O–H groups in total. The van der Waals surface area contributed by atoms with Crippen LogP contribution in [0.4, 0.5) is 5.69 Å². The fourth-order valence-electron chi connectivity index (χ4n) is 13.7. The standard InChI is InChI=1S/C36H20N4O.C23H13BrN2O.C14H9N/c37-21-22-13-15-31-25(19-22)24-7-1-3-11-30(24)40(31)23-14-16-33-29(20-23)36(26-8-2-4-12-32(26)41-33)27-9-5-17-38-34(27)35-28(36)10-6-18-39-35;24-14-9-10-20-18(13-14)23(15-5-1-2-8-19(15)27-20)16-6-3-11-25-21(16)22-17(23)7-4-12-26-22;1-15-12-7-6-11-8-10-4-2-3-5-13(10)14(11)9-12/h1-20H;1-13H;2-7,9H,8H2. The highest BCUT2D eigenvalue weighted by Crippen LogP contribution is 2.63. The second-order valence-corrected chi connectivity index (χ2v) is 22.0. The first-order valence-corrected chi connectivity index (χ1v) is 28.1. The first-order valence-electron chi connectivity index (χ1n) is 27.3. The van der Waals surface area contributed by atoms with Crippen LogP contribution in [0, 0.1) is 17.9 Å². The van der Waals surface area contributed by atoms with E-state index < -0.39 is 10.8 Å². The van der Waals surface area contributed by atoms with Gasteiger partial charge in [-0.1, -0.05) is 131 Å². The predicted octanol–water partition coefficient (Wildman–Crippen LogP) is 17.4. The minimum atomic E-state index is -0.639. The summed E-state index contributed by atoms with van der Waals surface area (Å²) in [7, 11) is 0. The van der Waals surface area contributed by atoms with Crippen molar-refractivity contribution in [3.05, 3.63) is 320 Å². The van der Waals surface area contributed by atoms with Gasteiger partial charge < -0.3 is 14.0 Å². The molecular weight excluding hydrogens is 1090 g/mol. The van der Waals surface area contributed by atoms with Gasteiger partial charge in [0.2, 0.25) is 0 Å². The number of ether oxygens (including phenoxy) is 2. The zero-order valence-corrected chi connectivity index (χ0v) is 45.7. The topological polar surface area (TPSA) is 103 Å². The molecule has 0 saturated carbocycles. The largest absolute Gasteiger partial charge is 0.457 e. The maximum Gasteiger partial charge on any atom is 0.187 e. The third kappa shape index (κ3) is 6.97. The van der Waals surface area contributed by atoms with E-state index in [1.807, 2.05) is 122 Å². The lowest BCUT2D eigenvalue weighted by Gasteiger charge is -2.39. The molecule has 388 valence electrons. The molecule has 0 atom stereocenters. The van der Waals surface area contributed by atoms with Gasteiger partial charge in [0.1, 0.15) is 23.0 Å². The molecule has 7 heterocycles. The second-order valence-electron chi connectivity index (χ2n) is 21.1. The van der Waals surface area contributed by atoms with E-state index in [0.717, 1.165) is 134 Å². The first kappa shape index (κ1) is 48.2. The van der Waals surface area contributed by atoms with E-state index in [4.69, 9.17) is 36.0 Å². The molecule has 2 aliphatic heterocycles. The Kier molecular flexibility index (Phi) is 10.8. The van der Waals surface area contributed by atoms with Crippen molar-refractivity contribution in [2.75, 3.05) is 0 Å². The third-order valence-electron chi connectivity index (χ3n) is 17.0.